The van der Waals surface area contributed by atoms with Crippen LogP contribution in [0.15, 0.2) is 0 Å². The molecule has 0 fully saturated rings. The average molecular weight is 176 g/mol. The minimum absolute atomic E-state index is 0.0939. The summed E-state index contributed by atoms with van der Waals surface area (Å²) in [6.07, 6.45) is 1.02. The van der Waals surface area contributed by atoms with E-state index in [0.717, 1.165) is 16.9 Å². The molecule has 0 saturated carbocycles. The first-order chi connectivity index (χ1) is 5.06. The highest BCUT2D eigenvalue weighted by Crippen LogP contribution is 1.99. The minimum atomic E-state index is -0.474. The summed E-state index contributed by atoms with van der Waals surface area (Å²) in [6.45, 7) is 3.88. The Morgan fingerprint density at radius 2 is 2.27 bits per heavy atom. The van der Waals surface area contributed by atoms with Crippen LogP contribution in [0.3, 0.4) is 0 Å². The predicted molar refractivity (Wildman–Crippen MR) is 47.3 cm³/mol. The molecule has 0 rings (SSSR count). The number of nitrogens with two attached hydrogens (primary N) is 1. The lowest BCUT2D eigenvalue weighted by molar-refractivity contribution is 0.210. The van der Waals surface area contributed by atoms with Crippen LogP contribution in [-0.4, -0.2) is 28.7 Å². The number of carbonyl (C=O) groups is 1. The van der Waals surface area contributed by atoms with Crippen LogP contribution < -0.4 is 11.1 Å². The van der Waals surface area contributed by atoms with Gasteiger partial charge in [0.25, 0.3) is 0 Å². The summed E-state index contributed by atoms with van der Waals surface area (Å²) in [5.41, 5.74) is 4.93. The molecule has 2 amide bonds. The van der Waals surface area contributed by atoms with Crippen molar-refractivity contribution in [2.24, 2.45) is 5.73 Å². The van der Waals surface area contributed by atoms with Crippen LogP contribution in [0, 0.1) is 0 Å². The second-order valence-electron chi connectivity index (χ2n) is 2.69. The fraction of sp³-hybridized carbons (Fsp3) is 0.833. The normalized spacial score (nSPS) is 15.8. The van der Waals surface area contributed by atoms with Crippen molar-refractivity contribution in [3.05, 3.63) is 0 Å². The smallest absolute Gasteiger partial charge is 0.312 e. The van der Waals surface area contributed by atoms with Crippen LogP contribution in [-0.2, 0) is 4.43 Å². The number of rotatable bonds is 4. The summed E-state index contributed by atoms with van der Waals surface area (Å²) >= 11 is 0. The van der Waals surface area contributed by atoms with Crippen molar-refractivity contribution in [1.29, 1.82) is 0 Å². The molecule has 3 N–H and O–H groups in total. The van der Waals surface area contributed by atoms with E-state index in [1.54, 1.807) is 0 Å². The quantitative estimate of drug-likeness (QED) is 0.546. The number of carbonyl (C=O) groups excluding carboxylic acids is 1. The molecule has 0 aliphatic rings. The van der Waals surface area contributed by atoms with Crippen molar-refractivity contribution in [2.75, 3.05) is 0 Å². The molecule has 0 radical (unpaired) electrons. The molecule has 0 bridgehead atoms. The summed E-state index contributed by atoms with van der Waals surface area (Å²) in [6, 6.07) is -0.380. The van der Waals surface area contributed by atoms with E-state index in [2.05, 4.69) is 5.32 Å². The maximum absolute atomic E-state index is 10.4. The molecule has 0 aliphatic heterocycles. The largest absolute Gasteiger partial charge is 0.425 e. The van der Waals surface area contributed by atoms with E-state index < -0.39 is 6.03 Å². The zero-order valence-corrected chi connectivity index (χ0v) is 9.26. The minimum Gasteiger partial charge on any atom is -0.425 e. The molecule has 0 aromatic carbocycles. The number of hydrogen-bond acceptors (Lipinski definition) is 2. The van der Waals surface area contributed by atoms with E-state index in [1.807, 2.05) is 13.8 Å². The van der Waals surface area contributed by atoms with E-state index in [4.69, 9.17) is 10.2 Å². The second-order valence-corrected chi connectivity index (χ2v) is 3.16. The van der Waals surface area contributed by atoms with Gasteiger partial charge in [0.15, 0.2) is 0 Å². The molecule has 0 aromatic heterocycles. The SMILES string of the molecule is CC(CC(C)O[SiH3])NC(N)=O. The standard InChI is InChI=1S/C6H16N2O2Si/c1-4(8-6(7)9)3-5(2)10-11/h4-5H,3H2,1-2,11H3,(H3,7,8,9). The van der Waals surface area contributed by atoms with Gasteiger partial charge in [0.1, 0.15) is 10.5 Å². The molecule has 11 heavy (non-hydrogen) atoms. The lowest BCUT2D eigenvalue weighted by Gasteiger charge is -2.16. The first-order valence-electron chi connectivity index (χ1n) is 3.65. The number of nitrogens with one attached hydrogen (secondary N) is 1. The zero-order valence-electron chi connectivity index (χ0n) is 7.26. The van der Waals surface area contributed by atoms with Gasteiger partial charge in [-0.05, 0) is 20.3 Å². The van der Waals surface area contributed by atoms with Crippen molar-refractivity contribution < 1.29 is 9.22 Å². The Bertz CT molecular complexity index is 132. The van der Waals surface area contributed by atoms with Gasteiger partial charge in [-0.25, -0.2) is 4.79 Å². The first-order valence-corrected chi connectivity index (χ1v) is 4.46. The third-order valence-corrected chi connectivity index (χ3v) is 2.28. The Balaban J connectivity index is 3.51. The van der Waals surface area contributed by atoms with E-state index in [0.29, 0.717) is 0 Å². The van der Waals surface area contributed by atoms with Crippen LogP contribution in [0.25, 0.3) is 0 Å². The molecular formula is C6H16N2O2Si. The van der Waals surface area contributed by atoms with Crippen LogP contribution >= 0.6 is 0 Å². The van der Waals surface area contributed by atoms with Gasteiger partial charge in [-0.15, -0.1) is 0 Å². The lowest BCUT2D eigenvalue weighted by atomic mass is 10.2. The number of urea groups is 1. The van der Waals surface area contributed by atoms with Crippen LogP contribution in [0.5, 0.6) is 0 Å². The summed E-state index contributed by atoms with van der Waals surface area (Å²) in [5, 5.41) is 2.58. The van der Waals surface area contributed by atoms with Gasteiger partial charge in [0, 0.05) is 12.1 Å². The Labute approximate surface area is 70.0 Å². The van der Waals surface area contributed by atoms with Gasteiger partial charge in [0.05, 0.1) is 0 Å². The summed E-state index contributed by atoms with van der Waals surface area (Å²) in [4.78, 5) is 10.4. The molecular weight excluding hydrogens is 160 g/mol. The van der Waals surface area contributed by atoms with Crippen molar-refractivity contribution in [3.63, 3.8) is 0 Å². The van der Waals surface area contributed by atoms with Crippen molar-refractivity contribution in [1.82, 2.24) is 5.32 Å². The van der Waals surface area contributed by atoms with Crippen molar-refractivity contribution in [2.45, 2.75) is 32.4 Å². The van der Waals surface area contributed by atoms with E-state index >= 15 is 0 Å². The monoisotopic (exact) mass is 176 g/mol. The first kappa shape index (κ1) is 10.4. The molecule has 0 heterocycles. The highest BCUT2D eigenvalue weighted by Gasteiger charge is 2.07. The van der Waals surface area contributed by atoms with Gasteiger partial charge in [0.2, 0.25) is 0 Å². The Kier molecular flexibility index (Phi) is 4.89. The number of amides is 2. The third kappa shape index (κ3) is 5.87. The van der Waals surface area contributed by atoms with Gasteiger partial charge >= 0.3 is 6.03 Å². The fourth-order valence-corrected chi connectivity index (χ4v) is 1.09. The summed E-state index contributed by atoms with van der Waals surface area (Å²) < 4.78 is 5.15. The summed E-state index contributed by atoms with van der Waals surface area (Å²) in [7, 11) is 0.733. The molecule has 0 aliphatic carbocycles. The molecule has 5 heteroatoms. The molecule has 2 atom stereocenters. The molecule has 0 saturated heterocycles. The molecule has 0 aromatic rings. The third-order valence-electron chi connectivity index (χ3n) is 1.48. The predicted octanol–water partition coefficient (Wildman–Crippen LogP) is -0.881. The zero-order chi connectivity index (χ0) is 8.85. The highest BCUT2D eigenvalue weighted by atomic mass is 28.2. The molecule has 66 valence electrons. The van der Waals surface area contributed by atoms with E-state index in [9.17, 15) is 4.79 Å². The van der Waals surface area contributed by atoms with Crippen molar-refractivity contribution in [3.8, 4) is 0 Å². The summed E-state index contributed by atoms with van der Waals surface area (Å²) in [5.74, 6) is 0. The number of hydrogen-bond donors (Lipinski definition) is 2. The van der Waals surface area contributed by atoms with E-state index in [-0.39, 0.29) is 12.1 Å². The Morgan fingerprint density at radius 3 is 2.64 bits per heavy atom. The Hall–Kier alpha value is -0.553. The molecule has 4 nitrogen and oxygen atoms in total. The van der Waals surface area contributed by atoms with Gasteiger partial charge in [-0.1, -0.05) is 0 Å². The van der Waals surface area contributed by atoms with Crippen molar-refractivity contribution >= 4 is 16.5 Å². The van der Waals surface area contributed by atoms with E-state index in [1.165, 1.54) is 0 Å². The number of primary amides is 1. The van der Waals surface area contributed by atoms with Crippen LogP contribution in [0.2, 0.25) is 0 Å². The molecule has 2 unspecified atom stereocenters. The lowest BCUT2D eigenvalue weighted by Crippen LogP contribution is -2.38. The fourth-order valence-electron chi connectivity index (χ4n) is 0.896. The maximum Gasteiger partial charge on any atom is 0.312 e. The average Bonchev–Trinajstić information content (AvgIpc) is 1.85. The maximum atomic E-state index is 10.4. The van der Waals surface area contributed by atoms with Gasteiger partial charge in [-0.2, -0.15) is 0 Å². The van der Waals surface area contributed by atoms with Gasteiger partial charge < -0.3 is 15.5 Å². The second kappa shape index (κ2) is 5.14. The molecule has 0 spiro atoms. The van der Waals surface area contributed by atoms with Crippen LogP contribution in [0.1, 0.15) is 20.3 Å². The Morgan fingerprint density at radius 1 is 1.73 bits per heavy atom. The topological polar surface area (TPSA) is 64.3 Å². The highest BCUT2D eigenvalue weighted by molar-refractivity contribution is 5.98. The van der Waals surface area contributed by atoms with Gasteiger partial charge in [-0.3, -0.25) is 0 Å². The van der Waals surface area contributed by atoms with Crippen LogP contribution in [0.4, 0.5) is 4.79 Å².